The van der Waals surface area contributed by atoms with Gasteiger partial charge in [0.15, 0.2) is 0 Å². The molecule has 9 heteroatoms. The molecule has 2 atom stereocenters. The second-order valence-corrected chi connectivity index (χ2v) is 9.66. The number of aromatic nitrogens is 3. The van der Waals surface area contributed by atoms with E-state index in [0.717, 1.165) is 48.2 Å². The van der Waals surface area contributed by atoms with Gasteiger partial charge in [-0.05, 0) is 51.7 Å². The maximum absolute atomic E-state index is 12.5. The number of carbonyl (C=O) groups is 2. The molecule has 2 aliphatic rings. The van der Waals surface area contributed by atoms with Crippen molar-refractivity contribution >= 4 is 17.8 Å². The van der Waals surface area contributed by atoms with Crippen LogP contribution in [0.1, 0.15) is 67.9 Å². The van der Waals surface area contributed by atoms with Crippen LogP contribution in [-0.2, 0) is 18.3 Å². The molecule has 0 radical (unpaired) electrons. The minimum Gasteiger partial charge on any atom is -0.444 e. The zero-order valence-electron chi connectivity index (χ0n) is 19.4. The first-order valence-electron chi connectivity index (χ1n) is 11.2. The van der Waals surface area contributed by atoms with Crippen LogP contribution in [0.2, 0.25) is 0 Å². The van der Waals surface area contributed by atoms with Gasteiger partial charge in [0, 0.05) is 31.4 Å². The lowest BCUT2D eigenvalue weighted by Gasteiger charge is -2.34. The first kappa shape index (κ1) is 22.1. The zero-order chi connectivity index (χ0) is 23.0. The molecule has 1 saturated carbocycles. The van der Waals surface area contributed by atoms with Crippen molar-refractivity contribution in [1.82, 2.24) is 25.4 Å². The molecule has 2 unspecified atom stereocenters. The number of amides is 2. The zero-order valence-corrected chi connectivity index (χ0v) is 19.4. The van der Waals surface area contributed by atoms with E-state index in [9.17, 15) is 9.59 Å². The van der Waals surface area contributed by atoms with E-state index in [-0.39, 0.29) is 18.0 Å². The summed E-state index contributed by atoms with van der Waals surface area (Å²) in [4.78, 5) is 29.8. The molecule has 2 amide bonds. The smallest absolute Gasteiger partial charge is 0.407 e. The second kappa shape index (κ2) is 8.44. The average molecular weight is 441 g/mol. The molecule has 3 N–H and O–H groups in total. The van der Waals surface area contributed by atoms with Crippen LogP contribution < -0.4 is 16.0 Å². The Morgan fingerprint density at radius 3 is 2.62 bits per heavy atom. The van der Waals surface area contributed by atoms with Crippen molar-refractivity contribution in [3.63, 3.8) is 0 Å². The van der Waals surface area contributed by atoms with Gasteiger partial charge in [-0.25, -0.2) is 9.78 Å². The highest BCUT2D eigenvalue weighted by atomic mass is 16.6. The van der Waals surface area contributed by atoms with Crippen LogP contribution in [0.5, 0.6) is 0 Å². The lowest BCUT2D eigenvalue weighted by molar-refractivity contribution is 0.0488. The third kappa shape index (κ3) is 4.56. The molecule has 1 aliphatic carbocycles. The minimum atomic E-state index is -0.544. The Balaban J connectivity index is 1.63. The number of rotatable bonds is 4. The van der Waals surface area contributed by atoms with Crippen LogP contribution in [0.15, 0.2) is 12.4 Å². The van der Waals surface area contributed by atoms with Crippen LogP contribution in [0.3, 0.4) is 0 Å². The predicted octanol–water partition coefficient (Wildman–Crippen LogP) is 3.28. The number of hydrogen-bond donors (Lipinski definition) is 3. The maximum Gasteiger partial charge on any atom is 0.407 e. The van der Waals surface area contributed by atoms with Crippen molar-refractivity contribution in [3.8, 4) is 11.3 Å². The Bertz CT molecular complexity index is 1040. The number of fused-ring (bicyclic) bond motifs is 1. The van der Waals surface area contributed by atoms with Crippen molar-refractivity contribution in [2.24, 2.45) is 7.05 Å². The molecular formula is C23H32N6O3. The van der Waals surface area contributed by atoms with Gasteiger partial charge in [0.1, 0.15) is 11.4 Å². The number of nitrogens with one attached hydrogen (secondary N) is 3. The third-order valence-corrected chi connectivity index (χ3v) is 5.99. The molecule has 2 aromatic heterocycles. The van der Waals surface area contributed by atoms with E-state index in [1.54, 1.807) is 10.9 Å². The van der Waals surface area contributed by atoms with E-state index < -0.39 is 11.7 Å². The van der Waals surface area contributed by atoms with Crippen molar-refractivity contribution < 1.29 is 14.3 Å². The number of hydrogen-bond acceptors (Lipinski definition) is 6. The molecule has 1 aliphatic heterocycles. The quantitative estimate of drug-likeness (QED) is 0.673. The number of pyridine rings is 1. The van der Waals surface area contributed by atoms with Gasteiger partial charge in [-0.3, -0.25) is 9.48 Å². The van der Waals surface area contributed by atoms with Crippen molar-refractivity contribution in [2.75, 3.05) is 5.32 Å². The van der Waals surface area contributed by atoms with Gasteiger partial charge in [-0.2, -0.15) is 5.10 Å². The molecule has 2 aromatic rings. The summed E-state index contributed by atoms with van der Waals surface area (Å²) >= 11 is 0. The van der Waals surface area contributed by atoms with Gasteiger partial charge < -0.3 is 20.7 Å². The summed E-state index contributed by atoms with van der Waals surface area (Å²) in [7, 11) is 1.84. The first-order chi connectivity index (χ1) is 15.1. The molecule has 0 bridgehead atoms. The molecule has 4 rings (SSSR count). The second-order valence-electron chi connectivity index (χ2n) is 9.66. The van der Waals surface area contributed by atoms with E-state index in [2.05, 4.69) is 21.0 Å². The third-order valence-electron chi connectivity index (χ3n) is 5.99. The van der Waals surface area contributed by atoms with Gasteiger partial charge in [0.2, 0.25) is 0 Å². The highest BCUT2D eigenvalue weighted by Crippen LogP contribution is 2.34. The standard InChI is InChI=1S/C23H32N6O3/c1-13-15-11-24-21(30)18(15)19(14-10-25-29(5)12-14)28-20(13)26-16-8-6-7-9-17(16)27-22(31)32-23(2,3)4/h10,12,16-17H,6-9,11H2,1-5H3,(H,24,30)(H,26,28)(H,27,31). The highest BCUT2D eigenvalue weighted by molar-refractivity contribution is 6.04. The summed E-state index contributed by atoms with van der Waals surface area (Å²) in [6.07, 6.45) is 7.09. The number of anilines is 1. The van der Waals surface area contributed by atoms with E-state index in [0.29, 0.717) is 17.8 Å². The van der Waals surface area contributed by atoms with Gasteiger partial charge in [-0.1, -0.05) is 12.8 Å². The summed E-state index contributed by atoms with van der Waals surface area (Å²) in [6.45, 7) is 8.04. The average Bonchev–Trinajstić information content (AvgIpc) is 3.30. The molecule has 9 nitrogen and oxygen atoms in total. The number of ether oxygens (including phenoxy) is 1. The molecule has 1 fully saturated rings. The van der Waals surface area contributed by atoms with Crippen LogP contribution in [-0.4, -0.2) is 44.4 Å². The van der Waals surface area contributed by atoms with Gasteiger partial charge in [0.05, 0.1) is 23.5 Å². The Labute approximate surface area is 188 Å². The Hall–Kier alpha value is -3.10. The first-order valence-corrected chi connectivity index (χ1v) is 11.2. The molecule has 3 heterocycles. The molecular weight excluding hydrogens is 408 g/mol. The number of nitrogens with zero attached hydrogens (tertiary/aromatic N) is 3. The minimum absolute atomic E-state index is 0.0207. The summed E-state index contributed by atoms with van der Waals surface area (Å²) in [5.74, 6) is 0.630. The fourth-order valence-corrected chi connectivity index (χ4v) is 4.45. The predicted molar refractivity (Wildman–Crippen MR) is 121 cm³/mol. The van der Waals surface area contributed by atoms with E-state index in [4.69, 9.17) is 9.72 Å². The Morgan fingerprint density at radius 2 is 1.97 bits per heavy atom. The van der Waals surface area contributed by atoms with Crippen LogP contribution in [0, 0.1) is 6.92 Å². The van der Waals surface area contributed by atoms with Crippen LogP contribution in [0.4, 0.5) is 10.6 Å². The highest BCUT2D eigenvalue weighted by Gasteiger charge is 2.32. The van der Waals surface area contributed by atoms with E-state index in [1.165, 1.54) is 0 Å². The summed E-state index contributed by atoms with van der Waals surface area (Å²) in [5, 5.41) is 13.8. The number of alkyl carbamates (subject to hydrolysis) is 1. The number of carbonyl (C=O) groups excluding carboxylic acids is 2. The SMILES string of the molecule is Cc1c(NC2CCCCC2NC(=O)OC(C)(C)C)nc(-c2cnn(C)c2)c2c1CNC2=O. The fourth-order valence-electron chi connectivity index (χ4n) is 4.45. The molecule has 0 spiro atoms. The lowest BCUT2D eigenvalue weighted by atomic mass is 9.90. The van der Waals surface area contributed by atoms with E-state index in [1.807, 2.05) is 40.9 Å². The normalized spacial score (nSPS) is 20.5. The molecule has 32 heavy (non-hydrogen) atoms. The van der Waals surface area contributed by atoms with Crippen molar-refractivity contribution in [1.29, 1.82) is 0 Å². The maximum atomic E-state index is 12.5. The molecule has 172 valence electrons. The molecule has 0 aromatic carbocycles. The lowest BCUT2D eigenvalue weighted by Crippen LogP contribution is -2.50. The van der Waals surface area contributed by atoms with Gasteiger partial charge in [0.25, 0.3) is 5.91 Å². The topological polar surface area (TPSA) is 110 Å². The van der Waals surface area contributed by atoms with Crippen LogP contribution in [0.25, 0.3) is 11.3 Å². The van der Waals surface area contributed by atoms with Gasteiger partial charge in [-0.15, -0.1) is 0 Å². The summed E-state index contributed by atoms with van der Waals surface area (Å²) in [6, 6.07) is -0.0398. The van der Waals surface area contributed by atoms with Crippen LogP contribution >= 0.6 is 0 Å². The summed E-state index contributed by atoms with van der Waals surface area (Å²) < 4.78 is 7.17. The van der Waals surface area contributed by atoms with Crippen molar-refractivity contribution in [2.45, 2.75) is 77.6 Å². The Morgan fingerprint density at radius 1 is 1.25 bits per heavy atom. The molecule has 0 saturated heterocycles. The number of aryl methyl sites for hydroxylation is 1. The fraction of sp³-hybridized carbons (Fsp3) is 0.565. The monoisotopic (exact) mass is 440 g/mol. The summed E-state index contributed by atoms with van der Waals surface area (Å²) in [5.41, 5.74) is 3.41. The Kier molecular flexibility index (Phi) is 5.83. The van der Waals surface area contributed by atoms with Crippen molar-refractivity contribution in [3.05, 3.63) is 29.1 Å². The largest absolute Gasteiger partial charge is 0.444 e. The van der Waals surface area contributed by atoms with E-state index >= 15 is 0 Å². The van der Waals surface area contributed by atoms with Gasteiger partial charge >= 0.3 is 6.09 Å².